The van der Waals surface area contributed by atoms with E-state index >= 15 is 0 Å². The molecule has 0 spiro atoms. The minimum Gasteiger partial charge on any atom is -0.497 e. The van der Waals surface area contributed by atoms with Crippen LogP contribution in [0.2, 0.25) is 0 Å². The van der Waals surface area contributed by atoms with Gasteiger partial charge in [0.1, 0.15) is 5.75 Å². The first-order chi connectivity index (χ1) is 12.8. The second-order valence-electron chi connectivity index (χ2n) is 5.67. The largest absolute Gasteiger partial charge is 0.497 e. The highest BCUT2D eigenvalue weighted by molar-refractivity contribution is 7.89. The smallest absolute Gasteiger partial charge is 0.271 e. The van der Waals surface area contributed by atoms with Crippen molar-refractivity contribution in [1.29, 1.82) is 0 Å². The summed E-state index contributed by atoms with van der Waals surface area (Å²) in [5.74, 6) is 0.374. The standard InChI is InChI=1S/C18H18N4O4S/c1-20-18(23)16-11-17(12-3-7-14(26-2)8-4-12)22(21-16)13-5-9-15(10-6-13)27(19,24)25/h3-11H,1-2H3,(H,20,23)(H2,19,24,25). The van der Waals surface area contributed by atoms with Gasteiger partial charge in [0.25, 0.3) is 5.91 Å². The number of nitrogens with two attached hydrogens (primary N) is 1. The molecule has 0 aliphatic rings. The number of benzene rings is 2. The summed E-state index contributed by atoms with van der Waals surface area (Å²) in [7, 11) is -0.689. The number of ether oxygens (including phenoxy) is 1. The SMILES string of the molecule is CNC(=O)c1cc(-c2ccc(OC)cc2)n(-c2ccc(S(N)(=O)=O)cc2)n1. The summed E-state index contributed by atoms with van der Waals surface area (Å²) >= 11 is 0. The van der Waals surface area contributed by atoms with E-state index in [9.17, 15) is 13.2 Å². The van der Waals surface area contributed by atoms with Crippen molar-refractivity contribution in [1.82, 2.24) is 15.1 Å². The average molecular weight is 386 g/mol. The summed E-state index contributed by atoms with van der Waals surface area (Å²) < 4.78 is 29.6. The Kier molecular flexibility index (Phi) is 4.98. The van der Waals surface area contributed by atoms with Crippen LogP contribution in [-0.4, -0.2) is 38.3 Å². The minimum atomic E-state index is -3.79. The van der Waals surface area contributed by atoms with E-state index in [0.29, 0.717) is 17.1 Å². The van der Waals surface area contributed by atoms with Crippen LogP contribution in [0.5, 0.6) is 5.75 Å². The monoisotopic (exact) mass is 386 g/mol. The minimum absolute atomic E-state index is 0.00377. The van der Waals surface area contributed by atoms with Gasteiger partial charge in [-0.05, 0) is 54.6 Å². The van der Waals surface area contributed by atoms with Crippen LogP contribution >= 0.6 is 0 Å². The summed E-state index contributed by atoms with van der Waals surface area (Å²) in [4.78, 5) is 12.0. The Labute approximate surface area is 156 Å². The maximum atomic E-state index is 12.0. The molecule has 0 saturated heterocycles. The topological polar surface area (TPSA) is 116 Å². The molecule has 1 heterocycles. The average Bonchev–Trinajstić information content (AvgIpc) is 3.12. The lowest BCUT2D eigenvalue weighted by Gasteiger charge is -2.09. The zero-order valence-corrected chi connectivity index (χ0v) is 15.5. The Morgan fingerprint density at radius 1 is 1.11 bits per heavy atom. The Morgan fingerprint density at radius 2 is 1.74 bits per heavy atom. The quantitative estimate of drug-likeness (QED) is 0.690. The molecule has 3 N–H and O–H groups in total. The van der Waals surface area contributed by atoms with Crippen LogP contribution in [0.25, 0.3) is 16.9 Å². The van der Waals surface area contributed by atoms with Gasteiger partial charge in [0.15, 0.2) is 5.69 Å². The molecule has 1 aromatic heterocycles. The number of aromatic nitrogens is 2. The molecule has 0 saturated carbocycles. The van der Waals surface area contributed by atoms with Gasteiger partial charge < -0.3 is 10.1 Å². The number of hydrogen-bond donors (Lipinski definition) is 2. The van der Waals surface area contributed by atoms with Crippen LogP contribution in [0.4, 0.5) is 0 Å². The molecule has 3 aromatic rings. The van der Waals surface area contributed by atoms with Crippen LogP contribution in [0, 0.1) is 0 Å². The number of nitrogens with zero attached hydrogens (tertiary/aromatic N) is 2. The number of methoxy groups -OCH3 is 1. The van der Waals surface area contributed by atoms with Crippen molar-refractivity contribution in [3.8, 4) is 22.7 Å². The van der Waals surface area contributed by atoms with Gasteiger partial charge in [-0.15, -0.1) is 0 Å². The van der Waals surface area contributed by atoms with Crippen molar-refractivity contribution >= 4 is 15.9 Å². The van der Waals surface area contributed by atoms with E-state index in [1.54, 1.807) is 42.1 Å². The van der Waals surface area contributed by atoms with Gasteiger partial charge in [0.2, 0.25) is 10.0 Å². The van der Waals surface area contributed by atoms with Gasteiger partial charge in [-0.3, -0.25) is 4.79 Å². The lowest BCUT2D eigenvalue weighted by atomic mass is 10.1. The van der Waals surface area contributed by atoms with Crippen molar-refractivity contribution in [2.75, 3.05) is 14.2 Å². The number of nitrogens with one attached hydrogen (secondary N) is 1. The number of sulfonamides is 1. The Balaban J connectivity index is 2.12. The molecule has 0 radical (unpaired) electrons. The van der Waals surface area contributed by atoms with Crippen LogP contribution in [0.15, 0.2) is 59.5 Å². The molecule has 8 nitrogen and oxygen atoms in total. The molecule has 3 rings (SSSR count). The van der Waals surface area contributed by atoms with E-state index in [1.807, 2.05) is 12.1 Å². The van der Waals surface area contributed by atoms with Gasteiger partial charge in [-0.2, -0.15) is 5.10 Å². The summed E-state index contributed by atoms with van der Waals surface area (Å²) in [6.07, 6.45) is 0. The number of amides is 1. The fourth-order valence-corrected chi connectivity index (χ4v) is 3.08. The van der Waals surface area contributed by atoms with Crippen LogP contribution in [0.1, 0.15) is 10.5 Å². The molecule has 140 valence electrons. The molecular weight excluding hydrogens is 368 g/mol. The molecule has 0 bridgehead atoms. The highest BCUT2D eigenvalue weighted by Crippen LogP contribution is 2.26. The van der Waals surface area contributed by atoms with Crippen molar-refractivity contribution < 1.29 is 17.9 Å². The van der Waals surface area contributed by atoms with Gasteiger partial charge in [-0.1, -0.05) is 0 Å². The Morgan fingerprint density at radius 3 is 2.26 bits per heavy atom. The van der Waals surface area contributed by atoms with Crippen molar-refractivity contribution in [2.45, 2.75) is 4.90 Å². The van der Waals surface area contributed by atoms with E-state index < -0.39 is 10.0 Å². The Hall–Kier alpha value is -3.17. The number of carbonyl (C=O) groups is 1. The summed E-state index contributed by atoms with van der Waals surface area (Å²) in [5, 5.41) is 12.0. The van der Waals surface area contributed by atoms with Crippen LogP contribution in [-0.2, 0) is 10.0 Å². The summed E-state index contributed by atoms with van der Waals surface area (Å²) in [6.45, 7) is 0. The van der Waals surface area contributed by atoms with E-state index in [-0.39, 0.29) is 16.5 Å². The first-order valence-electron chi connectivity index (χ1n) is 7.93. The number of carbonyl (C=O) groups excluding carboxylic acids is 1. The van der Waals surface area contributed by atoms with E-state index in [0.717, 1.165) is 5.56 Å². The molecule has 0 aliphatic heterocycles. The fourth-order valence-electron chi connectivity index (χ4n) is 2.56. The molecule has 0 atom stereocenters. The number of primary sulfonamides is 1. The Bertz CT molecular complexity index is 1070. The predicted molar refractivity (Wildman–Crippen MR) is 100 cm³/mol. The molecule has 0 unspecified atom stereocenters. The van der Waals surface area contributed by atoms with Crippen molar-refractivity contribution in [3.63, 3.8) is 0 Å². The lowest BCUT2D eigenvalue weighted by molar-refractivity contribution is 0.0957. The van der Waals surface area contributed by atoms with Crippen LogP contribution in [0.3, 0.4) is 0 Å². The molecular formula is C18H18N4O4S. The van der Waals surface area contributed by atoms with E-state index in [1.165, 1.54) is 19.2 Å². The summed E-state index contributed by atoms with van der Waals surface area (Å²) in [5.41, 5.74) is 2.30. The van der Waals surface area contributed by atoms with Gasteiger partial charge >= 0.3 is 0 Å². The fraction of sp³-hybridized carbons (Fsp3) is 0.111. The number of hydrogen-bond acceptors (Lipinski definition) is 5. The number of rotatable bonds is 5. The highest BCUT2D eigenvalue weighted by Gasteiger charge is 2.17. The first kappa shape index (κ1) is 18.6. The van der Waals surface area contributed by atoms with Gasteiger partial charge in [0, 0.05) is 12.6 Å². The van der Waals surface area contributed by atoms with Crippen molar-refractivity contribution in [2.24, 2.45) is 5.14 Å². The molecule has 9 heteroatoms. The molecule has 0 aliphatic carbocycles. The zero-order chi connectivity index (χ0) is 19.6. The predicted octanol–water partition coefficient (Wildman–Crippen LogP) is 1.55. The van der Waals surface area contributed by atoms with Gasteiger partial charge in [-0.25, -0.2) is 18.2 Å². The van der Waals surface area contributed by atoms with Crippen LogP contribution < -0.4 is 15.2 Å². The first-order valence-corrected chi connectivity index (χ1v) is 9.48. The molecule has 2 aromatic carbocycles. The molecule has 0 fully saturated rings. The molecule has 27 heavy (non-hydrogen) atoms. The lowest BCUT2D eigenvalue weighted by Crippen LogP contribution is -2.18. The maximum absolute atomic E-state index is 12.0. The van der Waals surface area contributed by atoms with E-state index in [2.05, 4.69) is 10.4 Å². The van der Waals surface area contributed by atoms with Crippen molar-refractivity contribution in [3.05, 3.63) is 60.3 Å². The third-order valence-electron chi connectivity index (χ3n) is 3.96. The normalized spacial score (nSPS) is 11.2. The van der Waals surface area contributed by atoms with Gasteiger partial charge in [0.05, 0.1) is 23.4 Å². The van der Waals surface area contributed by atoms with E-state index in [4.69, 9.17) is 9.88 Å². The maximum Gasteiger partial charge on any atom is 0.271 e. The second-order valence-corrected chi connectivity index (χ2v) is 7.23. The highest BCUT2D eigenvalue weighted by atomic mass is 32.2. The molecule has 1 amide bonds. The third-order valence-corrected chi connectivity index (χ3v) is 4.89. The zero-order valence-electron chi connectivity index (χ0n) is 14.7. The summed E-state index contributed by atoms with van der Waals surface area (Å²) in [6, 6.07) is 14.9. The second kappa shape index (κ2) is 7.22. The third kappa shape index (κ3) is 3.83.